The molecule has 0 saturated heterocycles. The molecule has 158 valence electrons. The van der Waals surface area contributed by atoms with Gasteiger partial charge in [0.05, 0.1) is 5.69 Å². The number of benzene rings is 2. The van der Waals surface area contributed by atoms with E-state index in [-0.39, 0.29) is 6.61 Å². The van der Waals surface area contributed by atoms with Crippen LogP contribution in [0.5, 0.6) is 5.75 Å². The molecule has 1 atom stereocenters. The summed E-state index contributed by atoms with van der Waals surface area (Å²) in [6.07, 6.45) is 2.51. The number of ether oxygens (including phenoxy) is 1. The third-order valence-electron chi connectivity index (χ3n) is 5.97. The normalized spacial score (nSPS) is 15.0. The average molecular weight is 414 g/mol. The van der Waals surface area contributed by atoms with Gasteiger partial charge in [0.2, 0.25) is 0 Å². The number of aromatic nitrogens is 2. The quantitative estimate of drug-likeness (QED) is 0.518. The van der Waals surface area contributed by atoms with Crippen LogP contribution in [0.2, 0.25) is 0 Å². The Labute approximate surface area is 182 Å². The van der Waals surface area contributed by atoms with Gasteiger partial charge in [-0.2, -0.15) is 0 Å². The molecule has 1 unspecified atom stereocenters. The first kappa shape index (κ1) is 19.8. The van der Waals surface area contributed by atoms with Crippen molar-refractivity contribution in [1.29, 1.82) is 0 Å². The van der Waals surface area contributed by atoms with Gasteiger partial charge in [0.25, 0.3) is 0 Å². The molecule has 3 heterocycles. The lowest BCUT2D eigenvalue weighted by Gasteiger charge is -2.30. The van der Waals surface area contributed by atoms with Gasteiger partial charge < -0.3 is 14.4 Å². The number of β-amino-alcohol motifs (C(OH)–C–C–N with tert-alkyl or cyclic N) is 1. The van der Waals surface area contributed by atoms with E-state index in [4.69, 9.17) is 9.72 Å². The number of hydrogen-bond acceptors (Lipinski definition) is 4. The topological polar surface area (TPSA) is 50.5 Å². The smallest absolute Gasteiger partial charge is 0.140 e. The molecule has 1 N–H and O–H groups in total. The van der Waals surface area contributed by atoms with Crippen molar-refractivity contribution in [3.63, 3.8) is 0 Å². The van der Waals surface area contributed by atoms with Crippen molar-refractivity contribution in [2.45, 2.75) is 19.1 Å². The molecule has 2 aromatic carbocycles. The van der Waals surface area contributed by atoms with Crippen LogP contribution in [0.1, 0.15) is 11.1 Å². The van der Waals surface area contributed by atoms with Crippen LogP contribution in [-0.4, -0.2) is 45.4 Å². The van der Waals surface area contributed by atoms with E-state index in [1.54, 1.807) is 0 Å². The second-order valence-electron chi connectivity index (χ2n) is 8.28. The Kier molecular flexibility index (Phi) is 5.45. The van der Waals surface area contributed by atoms with E-state index in [0.29, 0.717) is 6.54 Å². The van der Waals surface area contributed by atoms with E-state index in [1.165, 1.54) is 11.1 Å². The lowest BCUT2D eigenvalue weighted by molar-refractivity contribution is 0.0638. The summed E-state index contributed by atoms with van der Waals surface area (Å²) in [4.78, 5) is 7.09. The molecule has 4 aromatic rings. The average Bonchev–Trinajstić information content (AvgIpc) is 3.18. The highest BCUT2D eigenvalue weighted by Crippen LogP contribution is 2.25. The van der Waals surface area contributed by atoms with E-state index in [1.807, 2.05) is 48.1 Å². The first-order chi connectivity index (χ1) is 15.2. The summed E-state index contributed by atoms with van der Waals surface area (Å²) in [5, 5.41) is 11.7. The van der Waals surface area contributed by atoms with Gasteiger partial charge in [-0.15, -0.1) is 0 Å². The van der Waals surface area contributed by atoms with Crippen molar-refractivity contribution >= 4 is 11.0 Å². The Balaban J connectivity index is 1.21. The predicted molar refractivity (Wildman–Crippen MR) is 123 cm³/mol. The molecule has 0 amide bonds. The molecule has 0 aliphatic carbocycles. The van der Waals surface area contributed by atoms with Crippen LogP contribution in [0.25, 0.3) is 22.3 Å². The summed E-state index contributed by atoms with van der Waals surface area (Å²) in [7, 11) is 2.00. The van der Waals surface area contributed by atoms with Crippen molar-refractivity contribution in [2.24, 2.45) is 7.05 Å². The minimum absolute atomic E-state index is 0.270. The molecular formula is C26H27N3O2. The van der Waals surface area contributed by atoms with Gasteiger partial charge in [0.1, 0.15) is 24.1 Å². The van der Waals surface area contributed by atoms with Crippen LogP contribution >= 0.6 is 0 Å². The number of aliphatic hydroxyl groups excluding tert-OH is 1. The molecule has 5 rings (SSSR count). The van der Waals surface area contributed by atoms with Gasteiger partial charge in [-0.05, 0) is 47.9 Å². The molecule has 2 aromatic heterocycles. The van der Waals surface area contributed by atoms with E-state index in [9.17, 15) is 5.11 Å². The Bertz CT molecular complexity index is 1200. The third kappa shape index (κ3) is 4.33. The number of nitrogens with zero attached hydrogens (tertiary/aromatic N) is 3. The molecule has 0 fully saturated rings. The largest absolute Gasteiger partial charge is 0.491 e. The Morgan fingerprint density at radius 2 is 1.90 bits per heavy atom. The molecule has 0 saturated carbocycles. The van der Waals surface area contributed by atoms with E-state index < -0.39 is 6.10 Å². The number of rotatable bonds is 6. The number of pyridine rings is 1. The maximum atomic E-state index is 10.5. The van der Waals surface area contributed by atoms with Gasteiger partial charge in [-0.25, -0.2) is 4.98 Å². The van der Waals surface area contributed by atoms with Crippen molar-refractivity contribution in [1.82, 2.24) is 14.5 Å². The van der Waals surface area contributed by atoms with E-state index in [0.717, 1.165) is 47.6 Å². The zero-order chi connectivity index (χ0) is 21.2. The summed E-state index contributed by atoms with van der Waals surface area (Å²) in [5.41, 5.74) is 5.65. The minimum atomic E-state index is -0.535. The summed E-state index contributed by atoms with van der Waals surface area (Å²) in [6.45, 7) is 2.73. The highest BCUT2D eigenvalue weighted by atomic mass is 16.5. The Morgan fingerprint density at radius 1 is 1.03 bits per heavy atom. The fraction of sp³-hybridized carbons (Fsp3) is 0.269. The van der Waals surface area contributed by atoms with Gasteiger partial charge in [0, 0.05) is 43.8 Å². The molecular weight excluding hydrogens is 386 g/mol. The van der Waals surface area contributed by atoms with Crippen LogP contribution < -0.4 is 4.74 Å². The predicted octanol–water partition coefficient (Wildman–Crippen LogP) is 4.04. The molecule has 5 nitrogen and oxygen atoms in total. The maximum Gasteiger partial charge on any atom is 0.140 e. The zero-order valence-electron chi connectivity index (χ0n) is 17.7. The zero-order valence-corrected chi connectivity index (χ0v) is 17.7. The van der Waals surface area contributed by atoms with Crippen molar-refractivity contribution in [2.75, 3.05) is 19.7 Å². The van der Waals surface area contributed by atoms with Crippen LogP contribution in [0.4, 0.5) is 0 Å². The Morgan fingerprint density at radius 3 is 2.81 bits per heavy atom. The van der Waals surface area contributed by atoms with E-state index >= 15 is 0 Å². The summed E-state index contributed by atoms with van der Waals surface area (Å²) < 4.78 is 7.95. The molecule has 0 radical (unpaired) electrons. The summed E-state index contributed by atoms with van der Waals surface area (Å²) in [6, 6.07) is 22.7. The number of fused-ring (bicyclic) bond motifs is 2. The molecule has 0 bridgehead atoms. The fourth-order valence-corrected chi connectivity index (χ4v) is 4.29. The molecule has 31 heavy (non-hydrogen) atoms. The first-order valence-corrected chi connectivity index (χ1v) is 10.8. The van der Waals surface area contributed by atoms with Crippen LogP contribution in [0, 0.1) is 0 Å². The molecule has 0 spiro atoms. The molecule has 5 heteroatoms. The maximum absolute atomic E-state index is 10.5. The fourth-order valence-electron chi connectivity index (χ4n) is 4.29. The van der Waals surface area contributed by atoms with E-state index in [2.05, 4.69) is 41.3 Å². The van der Waals surface area contributed by atoms with Gasteiger partial charge in [-0.1, -0.05) is 36.4 Å². The highest BCUT2D eigenvalue weighted by Gasteiger charge is 2.18. The van der Waals surface area contributed by atoms with Crippen molar-refractivity contribution in [3.8, 4) is 17.0 Å². The molecule has 1 aliphatic heterocycles. The number of aliphatic hydroxyl groups is 1. The number of hydrogen-bond donors (Lipinski definition) is 1. The van der Waals surface area contributed by atoms with Crippen molar-refractivity contribution in [3.05, 3.63) is 84.1 Å². The molecule has 1 aliphatic rings. The monoisotopic (exact) mass is 413 g/mol. The standard InChI is InChI=1S/C26H27N3O2/c1-28-13-11-20-9-10-25(27-26(20)28)21-7-4-8-24(15-21)31-18-23(30)17-29-14-12-19-5-2-3-6-22(19)16-29/h2-11,13,15,23,30H,12,14,16-18H2,1H3. The lowest BCUT2D eigenvalue weighted by Crippen LogP contribution is -2.38. The van der Waals surface area contributed by atoms with Crippen LogP contribution in [0.15, 0.2) is 72.9 Å². The van der Waals surface area contributed by atoms with Gasteiger partial charge in [0.15, 0.2) is 0 Å². The summed E-state index contributed by atoms with van der Waals surface area (Å²) >= 11 is 0. The Hall–Kier alpha value is -3.15. The van der Waals surface area contributed by atoms with Crippen LogP contribution in [0.3, 0.4) is 0 Å². The summed E-state index contributed by atoms with van der Waals surface area (Å²) in [5.74, 6) is 0.745. The highest BCUT2D eigenvalue weighted by molar-refractivity contribution is 5.79. The minimum Gasteiger partial charge on any atom is -0.491 e. The lowest BCUT2D eigenvalue weighted by atomic mass is 10.00. The van der Waals surface area contributed by atoms with Gasteiger partial charge in [-0.3, -0.25) is 4.90 Å². The van der Waals surface area contributed by atoms with Crippen molar-refractivity contribution < 1.29 is 9.84 Å². The van der Waals surface area contributed by atoms with Crippen LogP contribution in [-0.2, 0) is 20.0 Å². The van der Waals surface area contributed by atoms with Gasteiger partial charge >= 0.3 is 0 Å². The SMILES string of the molecule is Cn1ccc2ccc(-c3cccc(OCC(O)CN4CCc5ccccc5C4)c3)nc21. The third-order valence-corrected chi connectivity index (χ3v) is 5.97. The second kappa shape index (κ2) is 8.53. The first-order valence-electron chi connectivity index (χ1n) is 10.8. The second-order valence-corrected chi connectivity index (χ2v) is 8.28. The number of aryl methyl sites for hydroxylation is 1.